The van der Waals surface area contributed by atoms with Crippen LogP contribution in [0, 0.1) is 0 Å². The minimum absolute atomic E-state index is 0.0537. The van der Waals surface area contributed by atoms with Crippen LogP contribution in [0.4, 0.5) is 0 Å². The van der Waals surface area contributed by atoms with Crippen molar-refractivity contribution >= 4 is 11.3 Å². The van der Waals surface area contributed by atoms with E-state index in [2.05, 4.69) is 11.9 Å². The summed E-state index contributed by atoms with van der Waals surface area (Å²) in [7, 11) is 0. The Kier molecular flexibility index (Phi) is 3.42. The van der Waals surface area contributed by atoms with Crippen LogP contribution < -0.4 is 5.73 Å². The van der Waals surface area contributed by atoms with Gasteiger partial charge in [0, 0.05) is 11.1 Å². The van der Waals surface area contributed by atoms with E-state index in [1.165, 1.54) is 35.6 Å². The van der Waals surface area contributed by atoms with E-state index in [9.17, 15) is 0 Å². The lowest BCUT2D eigenvalue weighted by atomic mass is 9.82. The molecule has 0 atom stereocenters. The highest BCUT2D eigenvalue weighted by molar-refractivity contribution is 7.11. The van der Waals surface area contributed by atoms with Gasteiger partial charge in [-0.05, 0) is 25.7 Å². The Balaban J connectivity index is 2.12. The second-order valence-corrected chi connectivity index (χ2v) is 5.70. The van der Waals surface area contributed by atoms with Crippen molar-refractivity contribution in [1.29, 1.82) is 0 Å². The molecule has 0 amide bonds. The number of hydrogen-bond acceptors (Lipinski definition) is 3. The van der Waals surface area contributed by atoms with Crippen LogP contribution in [0.5, 0.6) is 0 Å². The number of nitrogens with two attached hydrogens (primary N) is 1. The average molecular weight is 224 g/mol. The molecule has 2 N–H and O–H groups in total. The molecule has 0 radical (unpaired) electrons. The predicted octanol–water partition coefficient (Wildman–Crippen LogP) is 3.21. The van der Waals surface area contributed by atoms with Gasteiger partial charge in [-0.2, -0.15) is 0 Å². The third kappa shape index (κ3) is 2.40. The maximum absolute atomic E-state index is 6.46. The van der Waals surface area contributed by atoms with Crippen LogP contribution in [0.15, 0.2) is 6.20 Å². The summed E-state index contributed by atoms with van der Waals surface area (Å²) in [4.78, 5) is 5.78. The van der Waals surface area contributed by atoms with E-state index < -0.39 is 0 Å². The molecular weight excluding hydrogens is 204 g/mol. The Morgan fingerprint density at radius 2 is 2.13 bits per heavy atom. The summed E-state index contributed by atoms with van der Waals surface area (Å²) in [6.07, 6.45) is 10.5. The molecule has 1 heterocycles. The molecule has 3 heteroatoms. The normalized spacial score (nSPS) is 20.4. The molecule has 2 rings (SSSR count). The van der Waals surface area contributed by atoms with Crippen LogP contribution in [-0.4, -0.2) is 4.98 Å². The maximum Gasteiger partial charge on any atom is 0.0928 e. The monoisotopic (exact) mass is 224 g/mol. The highest BCUT2D eigenvalue weighted by atomic mass is 32.1. The lowest BCUT2D eigenvalue weighted by Gasteiger charge is -2.31. The first-order chi connectivity index (χ1) is 7.24. The van der Waals surface area contributed by atoms with Gasteiger partial charge in [0.05, 0.1) is 10.5 Å². The molecule has 1 aliphatic rings. The maximum atomic E-state index is 6.46. The highest BCUT2D eigenvalue weighted by Gasteiger charge is 2.31. The second kappa shape index (κ2) is 4.62. The van der Waals surface area contributed by atoms with Gasteiger partial charge >= 0.3 is 0 Å². The first-order valence-corrected chi connectivity index (χ1v) is 6.80. The van der Waals surface area contributed by atoms with Gasteiger partial charge in [-0.25, -0.2) is 4.98 Å². The summed E-state index contributed by atoms with van der Waals surface area (Å²) >= 11 is 1.83. The van der Waals surface area contributed by atoms with Crippen molar-refractivity contribution in [2.45, 2.75) is 57.4 Å². The molecule has 0 aliphatic heterocycles. The minimum atomic E-state index is -0.0537. The van der Waals surface area contributed by atoms with E-state index >= 15 is 0 Å². The molecule has 15 heavy (non-hydrogen) atoms. The Bertz CT molecular complexity index is 313. The zero-order valence-electron chi connectivity index (χ0n) is 9.46. The molecular formula is C12H20N2S. The molecule has 1 saturated carbocycles. The number of aromatic nitrogens is 1. The number of nitrogens with zero attached hydrogens (tertiary/aromatic N) is 1. The van der Waals surface area contributed by atoms with Crippen LogP contribution >= 0.6 is 11.3 Å². The lowest BCUT2D eigenvalue weighted by molar-refractivity contribution is 0.307. The van der Waals surface area contributed by atoms with E-state index in [1.54, 1.807) is 0 Å². The smallest absolute Gasteiger partial charge is 0.0928 e. The van der Waals surface area contributed by atoms with Gasteiger partial charge in [0.15, 0.2) is 0 Å². The molecule has 2 nitrogen and oxygen atoms in total. The molecule has 1 aromatic rings. The van der Waals surface area contributed by atoms with Gasteiger partial charge in [0.2, 0.25) is 0 Å². The first kappa shape index (κ1) is 11.1. The van der Waals surface area contributed by atoms with E-state index in [0.717, 1.165) is 19.3 Å². The van der Waals surface area contributed by atoms with Gasteiger partial charge in [-0.1, -0.05) is 26.2 Å². The van der Waals surface area contributed by atoms with E-state index in [0.29, 0.717) is 0 Å². The number of rotatable bonds is 3. The molecule has 1 aliphatic carbocycles. The van der Waals surface area contributed by atoms with Crippen molar-refractivity contribution in [2.24, 2.45) is 5.73 Å². The van der Waals surface area contributed by atoms with Crippen molar-refractivity contribution in [3.63, 3.8) is 0 Å². The molecule has 0 bridgehead atoms. The lowest BCUT2D eigenvalue weighted by Crippen LogP contribution is -2.37. The summed E-state index contributed by atoms with van der Waals surface area (Å²) in [5, 5.41) is 1.25. The van der Waals surface area contributed by atoms with Gasteiger partial charge in [-0.15, -0.1) is 11.3 Å². The Morgan fingerprint density at radius 3 is 2.80 bits per heavy atom. The highest BCUT2D eigenvalue weighted by Crippen LogP contribution is 2.37. The summed E-state index contributed by atoms with van der Waals surface area (Å²) in [5.74, 6) is 0. The second-order valence-electron chi connectivity index (χ2n) is 4.59. The minimum Gasteiger partial charge on any atom is -0.321 e. The molecule has 84 valence electrons. The van der Waals surface area contributed by atoms with Crippen LogP contribution in [0.25, 0.3) is 0 Å². The fourth-order valence-corrected chi connectivity index (χ4v) is 3.48. The molecule has 0 spiro atoms. The fraction of sp³-hybridized carbons (Fsp3) is 0.750. The van der Waals surface area contributed by atoms with Crippen LogP contribution in [0.3, 0.4) is 0 Å². The largest absolute Gasteiger partial charge is 0.321 e. The molecule has 0 unspecified atom stereocenters. The van der Waals surface area contributed by atoms with Crippen molar-refractivity contribution in [2.75, 3.05) is 0 Å². The van der Waals surface area contributed by atoms with Gasteiger partial charge in [0.25, 0.3) is 0 Å². The zero-order valence-corrected chi connectivity index (χ0v) is 10.3. The molecule has 0 aromatic carbocycles. The summed E-state index contributed by atoms with van der Waals surface area (Å²) in [5.41, 5.74) is 6.41. The first-order valence-electron chi connectivity index (χ1n) is 5.99. The SMILES string of the molecule is CCCc1ncc(C2(N)CCCCC2)s1. The average Bonchev–Trinajstić information content (AvgIpc) is 2.69. The number of thiazole rings is 1. The quantitative estimate of drug-likeness (QED) is 0.856. The summed E-state index contributed by atoms with van der Waals surface area (Å²) < 4.78 is 0. The molecule has 0 saturated heterocycles. The topological polar surface area (TPSA) is 38.9 Å². The molecule has 1 aromatic heterocycles. The predicted molar refractivity (Wildman–Crippen MR) is 65.1 cm³/mol. The Hall–Kier alpha value is -0.410. The van der Waals surface area contributed by atoms with E-state index in [4.69, 9.17) is 5.73 Å². The van der Waals surface area contributed by atoms with Crippen molar-refractivity contribution in [3.8, 4) is 0 Å². The third-order valence-electron chi connectivity index (χ3n) is 3.25. The molecule has 1 fully saturated rings. The number of hydrogen-bond donors (Lipinski definition) is 1. The summed E-state index contributed by atoms with van der Waals surface area (Å²) in [6.45, 7) is 2.19. The van der Waals surface area contributed by atoms with Gasteiger partial charge in [-0.3, -0.25) is 0 Å². The summed E-state index contributed by atoms with van der Waals surface area (Å²) in [6, 6.07) is 0. The van der Waals surface area contributed by atoms with Crippen molar-refractivity contribution in [1.82, 2.24) is 4.98 Å². The van der Waals surface area contributed by atoms with E-state index in [-0.39, 0.29) is 5.54 Å². The van der Waals surface area contributed by atoms with Crippen molar-refractivity contribution in [3.05, 3.63) is 16.1 Å². The van der Waals surface area contributed by atoms with Gasteiger partial charge in [0.1, 0.15) is 0 Å². The number of aryl methyl sites for hydroxylation is 1. The third-order valence-corrected chi connectivity index (χ3v) is 4.53. The van der Waals surface area contributed by atoms with Gasteiger partial charge < -0.3 is 5.73 Å². The van der Waals surface area contributed by atoms with E-state index in [1.807, 2.05) is 17.5 Å². The van der Waals surface area contributed by atoms with Crippen LogP contribution in [0.2, 0.25) is 0 Å². The van der Waals surface area contributed by atoms with Crippen molar-refractivity contribution < 1.29 is 0 Å². The zero-order chi connectivity index (χ0) is 10.7. The van der Waals surface area contributed by atoms with Crippen LogP contribution in [0.1, 0.15) is 55.3 Å². The Morgan fingerprint density at radius 1 is 1.40 bits per heavy atom. The van der Waals surface area contributed by atoms with Crippen LogP contribution in [-0.2, 0) is 12.0 Å². The fourth-order valence-electron chi connectivity index (χ4n) is 2.30. The standard InChI is InChI=1S/C12H20N2S/c1-2-6-11-14-9-10(15-11)12(13)7-4-3-5-8-12/h9H,2-8,13H2,1H3. The Labute approximate surface area is 95.9 Å².